The predicted molar refractivity (Wildman–Crippen MR) is 84.6 cm³/mol. The average molecular weight is 276 g/mol. The molecule has 0 saturated heterocycles. The highest BCUT2D eigenvalue weighted by molar-refractivity contribution is 5.55. The van der Waals surface area contributed by atoms with Gasteiger partial charge in [0.2, 0.25) is 0 Å². The lowest BCUT2D eigenvalue weighted by Gasteiger charge is -2.45. The van der Waals surface area contributed by atoms with Gasteiger partial charge in [-0.2, -0.15) is 0 Å². The Morgan fingerprint density at radius 1 is 1.20 bits per heavy atom. The van der Waals surface area contributed by atoms with Crippen molar-refractivity contribution in [1.82, 2.24) is 9.97 Å². The highest BCUT2D eigenvalue weighted by Gasteiger charge is 2.38. The third-order valence-electron chi connectivity index (χ3n) is 4.23. The molecule has 1 heterocycles. The fourth-order valence-electron chi connectivity index (χ4n) is 4.04. The Labute approximate surface area is 122 Å². The number of hydrogen-bond acceptors (Lipinski definition) is 4. The molecule has 4 heteroatoms. The summed E-state index contributed by atoms with van der Waals surface area (Å²) in [6, 6.07) is 0.452. The Hall–Kier alpha value is -1.32. The Bertz CT molecular complexity index is 463. The van der Waals surface area contributed by atoms with Crippen LogP contribution in [0.5, 0.6) is 0 Å². The van der Waals surface area contributed by atoms with Crippen LogP contribution in [0.25, 0.3) is 0 Å². The normalized spacial score (nSPS) is 21.6. The van der Waals surface area contributed by atoms with E-state index in [-0.39, 0.29) is 0 Å². The lowest BCUT2D eigenvalue weighted by molar-refractivity contribution is 0.105. The van der Waals surface area contributed by atoms with Gasteiger partial charge in [-0.15, -0.1) is 0 Å². The lowest BCUT2D eigenvalue weighted by Crippen LogP contribution is -2.40. The molecule has 0 atom stereocenters. The van der Waals surface area contributed by atoms with E-state index in [0.29, 0.717) is 22.7 Å². The number of nitrogen functional groups attached to an aromatic ring is 1. The van der Waals surface area contributed by atoms with Gasteiger partial charge in [-0.3, -0.25) is 0 Å². The fraction of sp³-hybridized carbons (Fsp3) is 0.750. The van der Waals surface area contributed by atoms with Crippen molar-refractivity contribution in [3.63, 3.8) is 0 Å². The summed E-state index contributed by atoms with van der Waals surface area (Å²) < 4.78 is 0. The first-order valence-corrected chi connectivity index (χ1v) is 7.58. The van der Waals surface area contributed by atoms with Gasteiger partial charge >= 0.3 is 0 Å². The van der Waals surface area contributed by atoms with Crippen LogP contribution in [0.4, 0.5) is 11.6 Å². The predicted octanol–water partition coefficient (Wildman–Crippen LogP) is 3.64. The van der Waals surface area contributed by atoms with Gasteiger partial charge in [-0.1, -0.05) is 34.6 Å². The summed E-state index contributed by atoms with van der Waals surface area (Å²) in [6.45, 7) is 11.5. The molecule has 2 rings (SSSR count). The molecule has 0 aromatic carbocycles. The Balaban J connectivity index is 2.20. The number of hydrogen-bond donors (Lipinski definition) is 2. The Morgan fingerprint density at radius 2 is 1.80 bits per heavy atom. The van der Waals surface area contributed by atoms with Crippen molar-refractivity contribution in [3.8, 4) is 0 Å². The number of anilines is 2. The van der Waals surface area contributed by atoms with Gasteiger partial charge in [0.25, 0.3) is 0 Å². The Morgan fingerprint density at radius 3 is 2.35 bits per heavy atom. The lowest BCUT2D eigenvalue weighted by atomic mass is 9.63. The smallest absolute Gasteiger partial charge is 0.134 e. The van der Waals surface area contributed by atoms with Gasteiger partial charge in [0.05, 0.1) is 0 Å². The first kappa shape index (κ1) is 15.1. The minimum absolute atomic E-state index is 0.365. The van der Waals surface area contributed by atoms with E-state index in [4.69, 9.17) is 5.73 Å². The maximum absolute atomic E-state index is 5.95. The van der Waals surface area contributed by atoms with Crippen LogP contribution in [0.1, 0.15) is 59.4 Å². The van der Waals surface area contributed by atoms with Crippen molar-refractivity contribution in [3.05, 3.63) is 11.9 Å². The molecule has 0 spiro atoms. The standard InChI is InChI=1S/C16H28N4/c1-6-12-13(17)18-10-19-14(12)20-11-7-15(2,3)9-16(4,5)8-11/h10-11H,6-9H2,1-5H3,(H3,17,18,19,20). The molecule has 1 aliphatic rings. The average Bonchev–Trinajstić information content (AvgIpc) is 2.24. The maximum Gasteiger partial charge on any atom is 0.134 e. The minimum Gasteiger partial charge on any atom is -0.383 e. The van der Waals surface area contributed by atoms with Crippen LogP contribution in [-0.4, -0.2) is 16.0 Å². The molecule has 3 N–H and O–H groups in total. The number of nitrogens with two attached hydrogens (primary N) is 1. The van der Waals surface area contributed by atoms with E-state index >= 15 is 0 Å². The zero-order valence-corrected chi connectivity index (χ0v) is 13.5. The summed E-state index contributed by atoms with van der Waals surface area (Å²) in [7, 11) is 0. The van der Waals surface area contributed by atoms with Crippen LogP contribution in [0.15, 0.2) is 6.33 Å². The van der Waals surface area contributed by atoms with Gasteiger partial charge in [-0.25, -0.2) is 9.97 Å². The van der Waals surface area contributed by atoms with Gasteiger partial charge in [0, 0.05) is 11.6 Å². The van der Waals surface area contributed by atoms with Crippen LogP contribution >= 0.6 is 0 Å². The summed E-state index contributed by atoms with van der Waals surface area (Å²) in [5.41, 5.74) is 7.72. The molecule has 0 radical (unpaired) electrons. The van der Waals surface area contributed by atoms with Crippen LogP contribution in [0.2, 0.25) is 0 Å². The molecule has 112 valence electrons. The molecule has 1 aliphatic carbocycles. The second-order valence-corrected chi connectivity index (χ2v) is 7.69. The van der Waals surface area contributed by atoms with Gasteiger partial charge in [-0.05, 0) is 36.5 Å². The molecule has 1 saturated carbocycles. The van der Waals surface area contributed by atoms with Crippen LogP contribution in [0.3, 0.4) is 0 Å². The summed E-state index contributed by atoms with van der Waals surface area (Å²) in [5, 5.41) is 3.62. The van der Waals surface area contributed by atoms with Crippen molar-refractivity contribution < 1.29 is 0 Å². The van der Waals surface area contributed by atoms with E-state index in [0.717, 1.165) is 17.8 Å². The van der Waals surface area contributed by atoms with Gasteiger partial charge < -0.3 is 11.1 Å². The summed E-state index contributed by atoms with van der Waals surface area (Å²) in [4.78, 5) is 8.49. The van der Waals surface area contributed by atoms with E-state index in [1.54, 1.807) is 6.33 Å². The SMILES string of the molecule is CCc1c(N)ncnc1NC1CC(C)(C)CC(C)(C)C1. The first-order valence-electron chi connectivity index (χ1n) is 7.58. The van der Waals surface area contributed by atoms with E-state index in [1.807, 2.05) is 0 Å². The molecule has 0 unspecified atom stereocenters. The largest absolute Gasteiger partial charge is 0.383 e. The third kappa shape index (κ3) is 3.41. The molecule has 20 heavy (non-hydrogen) atoms. The minimum atomic E-state index is 0.365. The number of nitrogens with one attached hydrogen (secondary N) is 1. The Kier molecular flexibility index (Phi) is 3.94. The number of rotatable bonds is 3. The van der Waals surface area contributed by atoms with Gasteiger partial charge in [0.15, 0.2) is 0 Å². The number of aromatic nitrogens is 2. The van der Waals surface area contributed by atoms with E-state index in [9.17, 15) is 0 Å². The van der Waals surface area contributed by atoms with E-state index < -0.39 is 0 Å². The molecule has 1 fully saturated rings. The maximum atomic E-state index is 5.95. The molecule has 0 bridgehead atoms. The number of nitrogens with zero attached hydrogens (tertiary/aromatic N) is 2. The van der Waals surface area contributed by atoms with Crippen LogP contribution < -0.4 is 11.1 Å². The second-order valence-electron chi connectivity index (χ2n) is 7.69. The summed E-state index contributed by atoms with van der Waals surface area (Å²) in [5.74, 6) is 1.51. The second kappa shape index (κ2) is 5.23. The molecular weight excluding hydrogens is 248 g/mol. The van der Waals surface area contributed by atoms with Crippen molar-refractivity contribution in [1.29, 1.82) is 0 Å². The quantitative estimate of drug-likeness (QED) is 0.884. The molecule has 1 aromatic heterocycles. The van der Waals surface area contributed by atoms with Crippen molar-refractivity contribution >= 4 is 11.6 Å². The summed E-state index contributed by atoms with van der Waals surface area (Å²) >= 11 is 0. The molecule has 1 aromatic rings. The van der Waals surface area contributed by atoms with E-state index in [2.05, 4.69) is 49.9 Å². The zero-order chi connectivity index (χ0) is 15.0. The zero-order valence-electron chi connectivity index (χ0n) is 13.5. The van der Waals surface area contributed by atoms with Crippen molar-refractivity contribution in [2.75, 3.05) is 11.1 Å². The van der Waals surface area contributed by atoms with Crippen LogP contribution in [-0.2, 0) is 6.42 Å². The highest BCUT2D eigenvalue weighted by atomic mass is 15.1. The first-order chi connectivity index (χ1) is 9.22. The molecular formula is C16H28N4. The topological polar surface area (TPSA) is 63.8 Å². The van der Waals surface area contributed by atoms with Crippen LogP contribution in [0, 0.1) is 10.8 Å². The molecule has 0 aliphatic heterocycles. The molecule has 4 nitrogen and oxygen atoms in total. The third-order valence-corrected chi connectivity index (χ3v) is 4.23. The summed E-state index contributed by atoms with van der Waals surface area (Å²) in [6.07, 6.45) is 6.02. The van der Waals surface area contributed by atoms with Crippen molar-refractivity contribution in [2.45, 2.75) is 66.3 Å². The van der Waals surface area contributed by atoms with E-state index in [1.165, 1.54) is 19.3 Å². The van der Waals surface area contributed by atoms with Crippen molar-refractivity contribution in [2.24, 2.45) is 10.8 Å². The monoisotopic (exact) mass is 276 g/mol. The fourth-order valence-corrected chi connectivity index (χ4v) is 4.04. The van der Waals surface area contributed by atoms with Gasteiger partial charge in [0.1, 0.15) is 18.0 Å². The molecule has 0 amide bonds. The highest BCUT2D eigenvalue weighted by Crippen LogP contribution is 2.46.